The van der Waals surface area contributed by atoms with Gasteiger partial charge in [-0.1, -0.05) is 30.3 Å². The molecule has 24 heavy (non-hydrogen) atoms. The number of hydroxylamine groups is 1. The summed E-state index contributed by atoms with van der Waals surface area (Å²) in [6, 6.07) is 15.5. The van der Waals surface area contributed by atoms with E-state index >= 15 is 0 Å². The third-order valence-electron chi connectivity index (χ3n) is 3.31. The molecule has 3 N–H and O–H groups in total. The summed E-state index contributed by atoms with van der Waals surface area (Å²) < 4.78 is 27.9. The second-order valence-corrected chi connectivity index (χ2v) is 7.96. The number of fused-ring (bicyclic) bond motifs is 1. The topological polar surface area (TPSA) is 95.5 Å². The normalized spacial score (nSPS) is 11.4. The molecule has 8 heteroatoms. The molecule has 0 saturated heterocycles. The van der Waals surface area contributed by atoms with Crippen LogP contribution in [0.25, 0.3) is 10.1 Å². The molecule has 0 bridgehead atoms. The number of carbonyl (C=O) groups excluding carboxylic acids is 1. The zero-order valence-corrected chi connectivity index (χ0v) is 14.0. The van der Waals surface area contributed by atoms with Crippen molar-refractivity contribution in [2.24, 2.45) is 0 Å². The fourth-order valence-electron chi connectivity index (χ4n) is 2.28. The Balaban J connectivity index is 1.83. The lowest BCUT2D eigenvalue weighted by Crippen LogP contribution is -2.16. The molecule has 2 aromatic carbocycles. The lowest BCUT2D eigenvalue weighted by Gasteiger charge is -2.08. The predicted octanol–water partition coefficient (Wildman–Crippen LogP) is 2.96. The third-order valence-corrected chi connectivity index (χ3v) is 5.69. The highest BCUT2D eigenvalue weighted by Crippen LogP contribution is 2.28. The van der Waals surface area contributed by atoms with Crippen LogP contribution in [0.1, 0.15) is 15.2 Å². The largest absolute Gasteiger partial charge is 0.288 e. The number of sulfonamides is 1. The van der Waals surface area contributed by atoms with Gasteiger partial charge in [0, 0.05) is 10.4 Å². The van der Waals surface area contributed by atoms with Crippen LogP contribution in [0.4, 0.5) is 5.69 Å². The highest BCUT2D eigenvalue weighted by molar-refractivity contribution is 7.91. The molecule has 1 heterocycles. The summed E-state index contributed by atoms with van der Waals surface area (Å²) in [6.07, 6.45) is 0. The first-order valence-corrected chi connectivity index (χ1v) is 9.46. The number of carbonyl (C=O) groups is 1. The van der Waals surface area contributed by atoms with Crippen molar-refractivity contribution in [3.05, 3.63) is 65.0 Å². The molecule has 0 unspecified atom stereocenters. The molecule has 6 nitrogen and oxygen atoms in total. The average Bonchev–Trinajstić information content (AvgIpc) is 2.97. The van der Waals surface area contributed by atoms with Crippen molar-refractivity contribution in [3.8, 4) is 0 Å². The molecule has 0 saturated carbocycles. The smallest absolute Gasteiger partial charge is 0.284 e. The van der Waals surface area contributed by atoms with E-state index in [9.17, 15) is 13.2 Å². The van der Waals surface area contributed by atoms with E-state index in [4.69, 9.17) is 5.21 Å². The van der Waals surface area contributed by atoms with E-state index in [1.165, 1.54) is 11.3 Å². The maximum Gasteiger partial charge on any atom is 0.284 e. The summed E-state index contributed by atoms with van der Waals surface area (Å²) >= 11 is 1.21. The average molecular weight is 362 g/mol. The van der Waals surface area contributed by atoms with Crippen LogP contribution in [-0.2, 0) is 15.8 Å². The lowest BCUT2D eigenvalue weighted by molar-refractivity contribution is 0.0711. The summed E-state index contributed by atoms with van der Waals surface area (Å²) in [5.41, 5.74) is 2.70. The Morgan fingerprint density at radius 1 is 1.08 bits per heavy atom. The fourth-order valence-corrected chi connectivity index (χ4v) is 4.41. The number of hydrogen-bond acceptors (Lipinski definition) is 5. The van der Waals surface area contributed by atoms with E-state index in [2.05, 4.69) is 4.72 Å². The quantitative estimate of drug-likeness (QED) is 0.480. The number of rotatable bonds is 5. The van der Waals surface area contributed by atoms with Gasteiger partial charge < -0.3 is 0 Å². The Hall–Kier alpha value is -2.42. The fraction of sp³-hybridized carbons (Fsp3) is 0.0625. The molecule has 0 radical (unpaired) electrons. The Labute approximate surface area is 142 Å². The molecule has 0 atom stereocenters. The zero-order chi connectivity index (χ0) is 17.2. The third kappa shape index (κ3) is 3.73. The van der Waals surface area contributed by atoms with Gasteiger partial charge in [-0.05, 0) is 35.2 Å². The van der Waals surface area contributed by atoms with Crippen molar-refractivity contribution in [1.29, 1.82) is 0 Å². The zero-order valence-electron chi connectivity index (χ0n) is 12.4. The van der Waals surface area contributed by atoms with Crippen LogP contribution in [0.5, 0.6) is 0 Å². The van der Waals surface area contributed by atoms with Gasteiger partial charge in [-0.15, -0.1) is 11.3 Å². The number of anilines is 1. The molecular formula is C16H14N2O4S2. The van der Waals surface area contributed by atoms with Gasteiger partial charge in [-0.3, -0.25) is 14.7 Å². The second-order valence-electron chi connectivity index (χ2n) is 5.15. The minimum Gasteiger partial charge on any atom is -0.288 e. The standard InChI is InChI=1S/C16H14N2O4S2/c19-16(17-20)15-9-12-8-13(6-7-14(12)23-15)18-24(21,22)10-11-4-2-1-3-5-11/h1-9,18,20H,10H2,(H,17,19). The minimum atomic E-state index is -3.54. The maximum atomic E-state index is 12.3. The number of thiophene rings is 1. The van der Waals surface area contributed by atoms with Crippen molar-refractivity contribution < 1.29 is 18.4 Å². The van der Waals surface area contributed by atoms with Gasteiger partial charge in [0.15, 0.2) is 0 Å². The van der Waals surface area contributed by atoms with Crippen LogP contribution >= 0.6 is 11.3 Å². The van der Waals surface area contributed by atoms with Crippen molar-refractivity contribution in [2.45, 2.75) is 5.75 Å². The number of hydrogen-bond donors (Lipinski definition) is 3. The van der Waals surface area contributed by atoms with Crippen LogP contribution in [0.2, 0.25) is 0 Å². The van der Waals surface area contributed by atoms with Crippen molar-refractivity contribution in [2.75, 3.05) is 4.72 Å². The Bertz CT molecular complexity index is 982. The Kier molecular flexibility index (Phi) is 4.52. The lowest BCUT2D eigenvalue weighted by atomic mass is 10.2. The molecule has 124 valence electrons. The van der Waals surface area contributed by atoms with Gasteiger partial charge >= 0.3 is 0 Å². The maximum absolute atomic E-state index is 12.3. The van der Waals surface area contributed by atoms with E-state index in [1.54, 1.807) is 54.0 Å². The van der Waals surface area contributed by atoms with Gasteiger partial charge in [0.25, 0.3) is 5.91 Å². The van der Waals surface area contributed by atoms with Crippen LogP contribution < -0.4 is 10.2 Å². The molecule has 0 aliphatic carbocycles. The molecule has 3 rings (SSSR count). The number of nitrogens with one attached hydrogen (secondary N) is 2. The second kappa shape index (κ2) is 6.60. The highest BCUT2D eigenvalue weighted by atomic mass is 32.2. The number of amides is 1. The molecule has 0 spiro atoms. The monoisotopic (exact) mass is 362 g/mol. The number of benzene rings is 2. The Morgan fingerprint density at radius 2 is 1.83 bits per heavy atom. The molecule has 1 aromatic heterocycles. The van der Waals surface area contributed by atoms with Gasteiger partial charge in [0.2, 0.25) is 10.0 Å². The van der Waals surface area contributed by atoms with Gasteiger partial charge in [-0.25, -0.2) is 13.9 Å². The summed E-state index contributed by atoms with van der Waals surface area (Å²) in [5.74, 6) is -0.712. The molecule has 0 aliphatic rings. The molecule has 1 amide bonds. The van der Waals surface area contributed by atoms with E-state index in [0.29, 0.717) is 16.1 Å². The van der Waals surface area contributed by atoms with Crippen LogP contribution in [-0.4, -0.2) is 19.5 Å². The van der Waals surface area contributed by atoms with Crippen LogP contribution in [0.3, 0.4) is 0 Å². The first-order chi connectivity index (χ1) is 11.5. The highest BCUT2D eigenvalue weighted by Gasteiger charge is 2.13. The summed E-state index contributed by atoms with van der Waals surface area (Å²) in [7, 11) is -3.54. The Morgan fingerprint density at radius 3 is 2.54 bits per heavy atom. The molecule has 0 aliphatic heterocycles. The minimum absolute atomic E-state index is 0.117. The molecular weight excluding hydrogens is 348 g/mol. The van der Waals surface area contributed by atoms with E-state index < -0.39 is 15.9 Å². The first-order valence-electron chi connectivity index (χ1n) is 6.99. The van der Waals surface area contributed by atoms with Gasteiger partial charge in [0.1, 0.15) is 0 Å². The summed E-state index contributed by atoms with van der Waals surface area (Å²) in [4.78, 5) is 11.8. The first kappa shape index (κ1) is 16.4. The van der Waals surface area contributed by atoms with Crippen LogP contribution in [0, 0.1) is 0 Å². The van der Waals surface area contributed by atoms with E-state index in [1.807, 2.05) is 6.07 Å². The van der Waals surface area contributed by atoms with E-state index in [0.717, 1.165) is 10.1 Å². The van der Waals surface area contributed by atoms with Gasteiger partial charge in [0.05, 0.1) is 10.6 Å². The summed E-state index contributed by atoms with van der Waals surface area (Å²) in [6.45, 7) is 0. The van der Waals surface area contributed by atoms with Gasteiger partial charge in [-0.2, -0.15) is 0 Å². The SMILES string of the molecule is O=C(NO)c1cc2cc(NS(=O)(=O)Cc3ccccc3)ccc2s1. The van der Waals surface area contributed by atoms with Crippen molar-refractivity contribution in [3.63, 3.8) is 0 Å². The van der Waals surface area contributed by atoms with E-state index in [-0.39, 0.29) is 5.75 Å². The summed E-state index contributed by atoms with van der Waals surface area (Å²) in [5, 5.41) is 9.40. The molecule has 3 aromatic rings. The van der Waals surface area contributed by atoms with Crippen LogP contribution in [0.15, 0.2) is 54.6 Å². The predicted molar refractivity (Wildman–Crippen MR) is 93.8 cm³/mol. The van der Waals surface area contributed by atoms with Crippen molar-refractivity contribution in [1.82, 2.24) is 5.48 Å². The molecule has 0 fully saturated rings. The van der Waals surface area contributed by atoms with Crippen molar-refractivity contribution >= 4 is 43.0 Å².